The molecule has 1 aliphatic rings. The van der Waals surface area contributed by atoms with E-state index in [-0.39, 0.29) is 5.69 Å². The number of thioether (sulfide) groups is 1. The number of nitro benzene ring substituents is 1. The number of benzene rings is 1. The summed E-state index contributed by atoms with van der Waals surface area (Å²) in [7, 11) is 0. The minimum absolute atomic E-state index is 0.0721. The highest BCUT2D eigenvalue weighted by molar-refractivity contribution is 8.00. The maximum Gasteiger partial charge on any atom is 0.270 e. The Balaban J connectivity index is 2.20. The lowest BCUT2D eigenvalue weighted by atomic mass is 10.0. The van der Waals surface area contributed by atoms with Gasteiger partial charge in [0.1, 0.15) is 0 Å². The van der Waals surface area contributed by atoms with E-state index in [4.69, 9.17) is 5.84 Å². The summed E-state index contributed by atoms with van der Waals surface area (Å²) in [6.07, 6.45) is 7.75. The van der Waals surface area contributed by atoms with Gasteiger partial charge < -0.3 is 5.84 Å². The molecule has 1 aliphatic carbocycles. The summed E-state index contributed by atoms with van der Waals surface area (Å²) in [5, 5.41) is 14.9. The van der Waals surface area contributed by atoms with Gasteiger partial charge in [-0.2, -0.15) is 5.10 Å². The van der Waals surface area contributed by atoms with Crippen molar-refractivity contribution < 1.29 is 4.92 Å². The van der Waals surface area contributed by atoms with Crippen molar-refractivity contribution >= 4 is 23.7 Å². The summed E-state index contributed by atoms with van der Waals surface area (Å²) < 4.78 is 0. The third kappa shape index (κ3) is 3.70. The molecule has 0 saturated heterocycles. The number of hydrogen-bond acceptors (Lipinski definition) is 5. The lowest BCUT2D eigenvalue weighted by molar-refractivity contribution is -0.384. The van der Waals surface area contributed by atoms with Crippen molar-refractivity contribution in [1.29, 1.82) is 0 Å². The molecule has 19 heavy (non-hydrogen) atoms. The van der Waals surface area contributed by atoms with Gasteiger partial charge in [0.15, 0.2) is 0 Å². The molecule has 5 nitrogen and oxygen atoms in total. The van der Waals surface area contributed by atoms with Crippen LogP contribution in [0.15, 0.2) is 28.2 Å². The van der Waals surface area contributed by atoms with Gasteiger partial charge in [0.2, 0.25) is 0 Å². The van der Waals surface area contributed by atoms with E-state index in [1.165, 1.54) is 44.4 Å². The van der Waals surface area contributed by atoms with Crippen molar-refractivity contribution in [3.05, 3.63) is 33.9 Å². The van der Waals surface area contributed by atoms with Crippen LogP contribution in [-0.2, 0) is 0 Å². The van der Waals surface area contributed by atoms with E-state index in [0.717, 1.165) is 10.5 Å². The highest BCUT2D eigenvalue weighted by Crippen LogP contribution is 2.35. The second-order valence-corrected chi connectivity index (χ2v) is 5.98. The number of nitrogens with two attached hydrogens (primary N) is 1. The van der Waals surface area contributed by atoms with Crippen LogP contribution >= 0.6 is 11.8 Å². The average Bonchev–Trinajstić information content (AvgIpc) is 2.42. The van der Waals surface area contributed by atoms with E-state index in [0.29, 0.717) is 5.25 Å². The third-order valence-corrected chi connectivity index (χ3v) is 4.69. The Bertz CT molecular complexity index is 485. The Kier molecular flexibility index (Phi) is 4.79. The van der Waals surface area contributed by atoms with Crippen molar-refractivity contribution in [1.82, 2.24) is 0 Å². The first kappa shape index (κ1) is 13.9. The molecule has 0 bridgehead atoms. The van der Waals surface area contributed by atoms with Gasteiger partial charge in [-0.05, 0) is 18.9 Å². The Labute approximate surface area is 116 Å². The Morgan fingerprint density at radius 1 is 1.37 bits per heavy atom. The van der Waals surface area contributed by atoms with Crippen LogP contribution in [0.5, 0.6) is 0 Å². The standard InChI is InChI=1S/C13H17N3O2S/c14-15-9-10-8-11(16(17)18)6-7-13(10)19-12-4-2-1-3-5-12/h6-9,12H,1-5,14H2. The number of hydrogen-bond donors (Lipinski definition) is 1. The minimum atomic E-state index is -0.400. The molecule has 0 spiro atoms. The number of nitrogens with zero attached hydrogens (tertiary/aromatic N) is 2. The molecule has 1 fully saturated rings. The van der Waals surface area contributed by atoms with Crippen molar-refractivity contribution in [3.8, 4) is 0 Å². The van der Waals surface area contributed by atoms with E-state index in [1.807, 2.05) is 0 Å². The van der Waals surface area contributed by atoms with Crippen LogP contribution in [-0.4, -0.2) is 16.4 Å². The molecule has 0 aromatic heterocycles. The van der Waals surface area contributed by atoms with Crippen LogP contribution in [0.1, 0.15) is 37.7 Å². The second kappa shape index (κ2) is 6.56. The van der Waals surface area contributed by atoms with E-state index >= 15 is 0 Å². The highest BCUT2D eigenvalue weighted by atomic mass is 32.2. The summed E-state index contributed by atoms with van der Waals surface area (Å²) in [6, 6.07) is 4.87. The lowest BCUT2D eigenvalue weighted by Crippen LogP contribution is -2.08. The zero-order valence-electron chi connectivity index (χ0n) is 10.6. The summed E-state index contributed by atoms with van der Waals surface area (Å²) in [4.78, 5) is 11.4. The van der Waals surface area contributed by atoms with Crippen molar-refractivity contribution in [2.24, 2.45) is 10.9 Å². The SMILES string of the molecule is NN=Cc1cc([N+](=O)[O-])ccc1SC1CCCCC1. The van der Waals surface area contributed by atoms with Crippen molar-refractivity contribution in [2.45, 2.75) is 42.2 Å². The zero-order chi connectivity index (χ0) is 13.7. The van der Waals surface area contributed by atoms with Gasteiger partial charge in [0.05, 0.1) is 11.1 Å². The van der Waals surface area contributed by atoms with Gasteiger partial charge in [-0.25, -0.2) is 0 Å². The minimum Gasteiger partial charge on any atom is -0.323 e. The smallest absolute Gasteiger partial charge is 0.270 e. The lowest BCUT2D eigenvalue weighted by Gasteiger charge is -2.21. The van der Waals surface area contributed by atoms with Gasteiger partial charge in [0, 0.05) is 27.8 Å². The normalized spacial score (nSPS) is 16.8. The molecule has 0 heterocycles. The summed E-state index contributed by atoms with van der Waals surface area (Å²) >= 11 is 1.78. The van der Waals surface area contributed by atoms with E-state index in [9.17, 15) is 10.1 Å². The Morgan fingerprint density at radius 2 is 2.11 bits per heavy atom. The summed E-state index contributed by atoms with van der Waals surface area (Å²) in [5.41, 5.74) is 0.801. The molecule has 6 heteroatoms. The molecule has 102 valence electrons. The molecule has 0 amide bonds. The van der Waals surface area contributed by atoms with Gasteiger partial charge in [-0.3, -0.25) is 10.1 Å². The molecular formula is C13H17N3O2S. The number of hydrazone groups is 1. The first-order valence-corrected chi connectivity index (χ1v) is 7.27. The zero-order valence-corrected chi connectivity index (χ0v) is 11.4. The van der Waals surface area contributed by atoms with Crippen LogP contribution < -0.4 is 5.84 Å². The topological polar surface area (TPSA) is 81.5 Å². The van der Waals surface area contributed by atoms with Gasteiger partial charge in [-0.1, -0.05) is 19.3 Å². The van der Waals surface area contributed by atoms with Crippen molar-refractivity contribution in [3.63, 3.8) is 0 Å². The molecule has 2 rings (SSSR count). The van der Waals surface area contributed by atoms with Crippen LogP contribution in [0, 0.1) is 10.1 Å². The molecule has 0 unspecified atom stereocenters. The highest BCUT2D eigenvalue weighted by Gasteiger charge is 2.17. The maximum atomic E-state index is 10.8. The maximum absolute atomic E-state index is 10.8. The fourth-order valence-electron chi connectivity index (χ4n) is 2.30. The van der Waals surface area contributed by atoms with Crippen molar-refractivity contribution in [2.75, 3.05) is 0 Å². The largest absolute Gasteiger partial charge is 0.323 e. The Hall–Kier alpha value is -1.56. The fraction of sp³-hybridized carbons (Fsp3) is 0.462. The van der Waals surface area contributed by atoms with Crippen LogP contribution in [0.4, 0.5) is 5.69 Å². The predicted octanol–water partition coefficient (Wildman–Crippen LogP) is 3.31. The van der Waals surface area contributed by atoms with Gasteiger partial charge in [0.25, 0.3) is 5.69 Å². The first-order valence-electron chi connectivity index (χ1n) is 6.39. The molecule has 2 N–H and O–H groups in total. The average molecular weight is 279 g/mol. The number of rotatable bonds is 4. The molecule has 0 aliphatic heterocycles. The van der Waals surface area contributed by atoms with Crippen LogP contribution in [0.3, 0.4) is 0 Å². The first-order chi connectivity index (χ1) is 9.20. The van der Waals surface area contributed by atoms with E-state index in [1.54, 1.807) is 23.9 Å². The molecule has 0 radical (unpaired) electrons. The van der Waals surface area contributed by atoms with Gasteiger partial charge >= 0.3 is 0 Å². The van der Waals surface area contributed by atoms with Crippen LogP contribution in [0.25, 0.3) is 0 Å². The predicted molar refractivity (Wildman–Crippen MR) is 77.6 cm³/mol. The summed E-state index contributed by atoms with van der Waals surface area (Å²) in [5.74, 6) is 5.18. The van der Waals surface area contributed by atoms with E-state index in [2.05, 4.69) is 5.10 Å². The molecule has 0 atom stereocenters. The van der Waals surface area contributed by atoms with E-state index < -0.39 is 4.92 Å². The third-order valence-electron chi connectivity index (χ3n) is 3.26. The monoisotopic (exact) mass is 279 g/mol. The number of non-ortho nitro benzene ring substituents is 1. The molecular weight excluding hydrogens is 262 g/mol. The van der Waals surface area contributed by atoms with Crippen LogP contribution in [0.2, 0.25) is 0 Å². The molecule has 1 aromatic rings. The summed E-state index contributed by atoms with van der Waals surface area (Å²) in [6.45, 7) is 0. The quantitative estimate of drug-likeness (QED) is 0.397. The number of nitro groups is 1. The van der Waals surface area contributed by atoms with Gasteiger partial charge in [-0.15, -0.1) is 11.8 Å². The second-order valence-electron chi connectivity index (χ2n) is 4.64. The molecule has 1 saturated carbocycles. The Morgan fingerprint density at radius 3 is 2.74 bits per heavy atom. The fourth-order valence-corrected chi connectivity index (χ4v) is 3.62. The molecule has 1 aromatic carbocycles.